The summed E-state index contributed by atoms with van der Waals surface area (Å²) in [6.07, 6.45) is 4.60. The van der Waals surface area contributed by atoms with E-state index in [0.29, 0.717) is 31.3 Å². The maximum Gasteiger partial charge on any atom is 0.697 e. The summed E-state index contributed by atoms with van der Waals surface area (Å²) in [4.78, 5) is 17.9. The summed E-state index contributed by atoms with van der Waals surface area (Å²) in [5, 5.41) is 0. The van der Waals surface area contributed by atoms with Gasteiger partial charge in [-0.05, 0) is 49.8 Å². The van der Waals surface area contributed by atoms with Crippen molar-refractivity contribution in [1.82, 2.24) is 0 Å². The molecule has 0 saturated heterocycles. The SMILES string of the molecule is CC(C)CCCC(C)CCOc1ccc(CP(=O)(O)O)cc1.CCO[P+](=O)OCC. The van der Waals surface area contributed by atoms with Crippen LogP contribution in [0.1, 0.15) is 65.9 Å². The van der Waals surface area contributed by atoms with Gasteiger partial charge in [0.1, 0.15) is 19.0 Å². The zero-order valence-corrected chi connectivity index (χ0v) is 20.7. The summed E-state index contributed by atoms with van der Waals surface area (Å²) >= 11 is 0. The molecule has 1 rings (SSSR count). The lowest BCUT2D eigenvalue weighted by Gasteiger charge is -2.13. The van der Waals surface area contributed by atoms with Gasteiger partial charge >= 0.3 is 15.9 Å². The van der Waals surface area contributed by atoms with Crippen LogP contribution in [0, 0.1) is 11.8 Å². The Balaban J connectivity index is 0.000000890. The Morgan fingerprint density at radius 2 is 1.53 bits per heavy atom. The second-order valence-electron chi connectivity index (χ2n) is 7.59. The second-order valence-corrected chi connectivity index (χ2v) is 10.2. The van der Waals surface area contributed by atoms with Gasteiger partial charge in [-0.15, -0.1) is 9.05 Å². The first kappa shape index (κ1) is 29.2. The van der Waals surface area contributed by atoms with Gasteiger partial charge in [-0.3, -0.25) is 4.57 Å². The first-order valence-electron chi connectivity index (χ1n) is 10.6. The molecule has 0 heterocycles. The van der Waals surface area contributed by atoms with Crippen LogP contribution in [-0.4, -0.2) is 29.6 Å². The third-order valence-electron chi connectivity index (χ3n) is 4.14. The van der Waals surface area contributed by atoms with E-state index in [-0.39, 0.29) is 6.16 Å². The third kappa shape index (κ3) is 18.0. The van der Waals surface area contributed by atoms with Gasteiger partial charge in [0, 0.05) is 4.57 Å². The minimum atomic E-state index is -4.00. The molecule has 0 bridgehead atoms. The Morgan fingerprint density at radius 3 is 2.00 bits per heavy atom. The van der Waals surface area contributed by atoms with Crippen LogP contribution in [0.15, 0.2) is 24.3 Å². The standard InChI is InChI=1S/C17H29O4P.C4H10O3P/c1-14(2)5-4-6-15(3)11-12-21-17-9-7-16(8-10-17)13-22(18,19)20;1-3-6-8(5)7-4-2/h7-10,14-15H,4-6,11-13H2,1-3H3,(H2,18,19,20);3-4H2,1-2H3/q;+1. The Bertz CT molecular complexity index is 606. The molecule has 0 aromatic heterocycles. The van der Waals surface area contributed by atoms with Gasteiger partial charge < -0.3 is 14.5 Å². The van der Waals surface area contributed by atoms with Crippen molar-refractivity contribution in [1.29, 1.82) is 0 Å². The number of hydrogen-bond donors (Lipinski definition) is 2. The summed E-state index contributed by atoms with van der Waals surface area (Å²) in [5.74, 6) is 2.19. The molecule has 0 aliphatic rings. The van der Waals surface area contributed by atoms with Crippen LogP contribution in [0.3, 0.4) is 0 Å². The van der Waals surface area contributed by atoms with Crippen molar-refractivity contribution >= 4 is 15.9 Å². The highest BCUT2D eigenvalue weighted by Crippen LogP contribution is 2.39. The van der Waals surface area contributed by atoms with Crippen LogP contribution in [0.5, 0.6) is 5.75 Å². The summed E-state index contributed by atoms with van der Waals surface area (Å²) in [5.41, 5.74) is 0.628. The molecule has 1 atom stereocenters. The highest BCUT2D eigenvalue weighted by molar-refractivity contribution is 7.50. The van der Waals surface area contributed by atoms with Crippen LogP contribution < -0.4 is 4.74 Å². The minimum absolute atomic E-state index is 0.222. The molecule has 1 aromatic carbocycles. The fourth-order valence-corrected chi connectivity index (χ4v) is 3.76. The predicted molar refractivity (Wildman–Crippen MR) is 121 cm³/mol. The third-order valence-corrected chi connectivity index (χ3v) is 5.85. The average molecular weight is 465 g/mol. The van der Waals surface area contributed by atoms with Gasteiger partial charge in [0.15, 0.2) is 0 Å². The van der Waals surface area contributed by atoms with E-state index in [1.807, 2.05) is 0 Å². The maximum atomic E-state index is 10.9. The Morgan fingerprint density at radius 1 is 0.967 bits per heavy atom. The van der Waals surface area contributed by atoms with Crippen molar-refractivity contribution in [2.24, 2.45) is 11.8 Å². The van der Waals surface area contributed by atoms with E-state index in [0.717, 1.165) is 18.1 Å². The van der Waals surface area contributed by atoms with Crippen molar-refractivity contribution in [3.05, 3.63) is 29.8 Å². The molecule has 30 heavy (non-hydrogen) atoms. The number of benzene rings is 1. The molecule has 0 spiro atoms. The molecule has 7 nitrogen and oxygen atoms in total. The van der Waals surface area contributed by atoms with E-state index in [2.05, 4.69) is 29.8 Å². The lowest BCUT2D eigenvalue weighted by Crippen LogP contribution is -2.05. The molecule has 0 amide bonds. The molecule has 1 aromatic rings. The van der Waals surface area contributed by atoms with Crippen LogP contribution >= 0.6 is 15.9 Å². The molecule has 0 saturated carbocycles. The zero-order chi connectivity index (χ0) is 23.0. The van der Waals surface area contributed by atoms with Crippen molar-refractivity contribution in [3.63, 3.8) is 0 Å². The lowest BCUT2D eigenvalue weighted by molar-refractivity contribution is 0.243. The van der Waals surface area contributed by atoms with Gasteiger partial charge in [0.25, 0.3) is 0 Å². The topological polar surface area (TPSA) is 102 Å². The van der Waals surface area contributed by atoms with Crippen LogP contribution in [0.4, 0.5) is 0 Å². The summed E-state index contributed by atoms with van der Waals surface area (Å²) < 4.78 is 36.1. The average Bonchev–Trinajstić information content (AvgIpc) is 2.63. The zero-order valence-electron chi connectivity index (χ0n) is 19.0. The number of rotatable bonds is 14. The van der Waals surface area contributed by atoms with E-state index in [9.17, 15) is 9.13 Å². The fraction of sp³-hybridized carbons (Fsp3) is 0.714. The molecule has 1 unspecified atom stereocenters. The molecule has 2 N–H and O–H groups in total. The van der Waals surface area contributed by atoms with E-state index in [4.69, 9.17) is 14.5 Å². The van der Waals surface area contributed by atoms with Crippen LogP contribution in [-0.2, 0) is 24.3 Å². The molecular formula is C21H39O7P2+. The summed E-state index contributed by atoms with van der Waals surface area (Å²) in [6, 6.07) is 6.96. The van der Waals surface area contributed by atoms with Gasteiger partial charge in [0.05, 0.1) is 12.8 Å². The van der Waals surface area contributed by atoms with Gasteiger partial charge in [0.2, 0.25) is 0 Å². The van der Waals surface area contributed by atoms with E-state index in [1.165, 1.54) is 19.3 Å². The maximum absolute atomic E-state index is 10.9. The molecule has 9 heteroatoms. The summed E-state index contributed by atoms with van der Waals surface area (Å²) in [6.45, 7) is 11.9. The van der Waals surface area contributed by atoms with Crippen LogP contribution in [0.2, 0.25) is 0 Å². The fourth-order valence-electron chi connectivity index (χ4n) is 2.57. The molecular weight excluding hydrogens is 426 g/mol. The first-order chi connectivity index (χ1) is 14.1. The highest BCUT2D eigenvalue weighted by atomic mass is 31.2. The van der Waals surface area contributed by atoms with Gasteiger partial charge in [-0.2, -0.15) is 0 Å². The quantitative estimate of drug-likeness (QED) is 0.310. The van der Waals surface area contributed by atoms with Crippen molar-refractivity contribution < 1.29 is 32.7 Å². The van der Waals surface area contributed by atoms with Gasteiger partial charge in [-0.25, -0.2) is 0 Å². The van der Waals surface area contributed by atoms with Crippen molar-refractivity contribution in [2.45, 2.75) is 66.5 Å². The Labute approximate surface area is 182 Å². The minimum Gasteiger partial charge on any atom is -0.494 e. The van der Waals surface area contributed by atoms with E-state index >= 15 is 0 Å². The normalized spacial score (nSPS) is 12.3. The summed E-state index contributed by atoms with van der Waals surface area (Å²) in [7, 11) is -5.83. The molecule has 0 radical (unpaired) electrons. The second kappa shape index (κ2) is 16.8. The molecule has 0 aliphatic carbocycles. The number of hydrogen-bond acceptors (Lipinski definition) is 5. The van der Waals surface area contributed by atoms with Crippen molar-refractivity contribution in [3.8, 4) is 5.75 Å². The molecule has 0 fully saturated rings. The van der Waals surface area contributed by atoms with Crippen molar-refractivity contribution in [2.75, 3.05) is 19.8 Å². The smallest absolute Gasteiger partial charge is 0.494 e. The lowest BCUT2D eigenvalue weighted by atomic mass is 9.98. The molecule has 0 aliphatic heterocycles. The van der Waals surface area contributed by atoms with E-state index in [1.54, 1.807) is 38.1 Å². The molecule has 174 valence electrons. The Kier molecular flexibility index (Phi) is 16.4. The monoisotopic (exact) mass is 465 g/mol. The number of ether oxygens (including phenoxy) is 1. The van der Waals surface area contributed by atoms with Crippen LogP contribution in [0.25, 0.3) is 0 Å². The Hall–Kier alpha value is -0.810. The van der Waals surface area contributed by atoms with E-state index < -0.39 is 15.9 Å². The predicted octanol–water partition coefficient (Wildman–Crippen LogP) is 6.31. The van der Waals surface area contributed by atoms with Gasteiger partial charge in [-0.1, -0.05) is 52.2 Å². The largest absolute Gasteiger partial charge is 0.697 e. The highest BCUT2D eigenvalue weighted by Gasteiger charge is 2.16. The first-order valence-corrected chi connectivity index (χ1v) is 13.5.